The van der Waals surface area contributed by atoms with E-state index in [2.05, 4.69) is 0 Å². The summed E-state index contributed by atoms with van der Waals surface area (Å²) in [6, 6.07) is 11.0. The second-order valence-electron chi connectivity index (χ2n) is 4.01. The summed E-state index contributed by atoms with van der Waals surface area (Å²) in [6.45, 7) is 0. The topological polar surface area (TPSA) is 20.2 Å². The lowest BCUT2D eigenvalue weighted by Crippen LogP contribution is -2.02. The number of hydrogen-bond donors (Lipinski definition) is 1. The van der Waals surface area contributed by atoms with Crippen molar-refractivity contribution in [2.75, 3.05) is 0 Å². The van der Waals surface area contributed by atoms with E-state index >= 15 is 0 Å². The lowest BCUT2D eigenvalue weighted by atomic mass is 10.0. The van der Waals surface area contributed by atoms with Crippen LogP contribution in [0.3, 0.4) is 0 Å². The smallest absolute Gasteiger partial charge is 0.123 e. The summed E-state index contributed by atoms with van der Waals surface area (Å²) in [5.41, 5.74) is 1.26. The maximum absolute atomic E-state index is 13.1. The van der Waals surface area contributed by atoms with E-state index in [1.165, 1.54) is 18.2 Å². The molecule has 0 bridgehead atoms. The predicted molar refractivity (Wildman–Crippen MR) is 71.5 cm³/mol. The van der Waals surface area contributed by atoms with Gasteiger partial charge in [0.2, 0.25) is 0 Å². The third kappa shape index (κ3) is 3.22. The lowest BCUT2D eigenvalue weighted by molar-refractivity contribution is 0.178. The fourth-order valence-electron chi connectivity index (χ4n) is 1.74. The Labute approximate surface area is 115 Å². The van der Waals surface area contributed by atoms with Gasteiger partial charge in [0.15, 0.2) is 0 Å². The molecule has 0 fully saturated rings. The third-order valence-corrected chi connectivity index (χ3v) is 3.26. The van der Waals surface area contributed by atoms with Gasteiger partial charge in [-0.25, -0.2) is 4.39 Å². The van der Waals surface area contributed by atoms with Gasteiger partial charge in [-0.15, -0.1) is 0 Å². The number of aliphatic hydroxyl groups excluding tert-OH is 1. The largest absolute Gasteiger partial charge is 0.388 e. The van der Waals surface area contributed by atoms with Gasteiger partial charge in [-0.3, -0.25) is 0 Å². The van der Waals surface area contributed by atoms with Crippen LogP contribution in [0.5, 0.6) is 0 Å². The van der Waals surface area contributed by atoms with Crippen LogP contribution >= 0.6 is 23.2 Å². The molecular weight excluding hydrogens is 274 g/mol. The Morgan fingerprint density at radius 1 is 1.11 bits per heavy atom. The average Bonchev–Trinajstić information content (AvgIpc) is 2.34. The molecule has 2 aromatic rings. The molecule has 0 radical (unpaired) electrons. The second kappa shape index (κ2) is 5.70. The normalized spacial score (nSPS) is 12.4. The summed E-state index contributed by atoms with van der Waals surface area (Å²) in [5.74, 6) is -0.368. The van der Waals surface area contributed by atoms with Crippen molar-refractivity contribution in [1.82, 2.24) is 0 Å². The van der Waals surface area contributed by atoms with E-state index in [0.29, 0.717) is 21.2 Å². The molecule has 0 aliphatic carbocycles. The van der Waals surface area contributed by atoms with E-state index in [1.54, 1.807) is 24.3 Å². The van der Waals surface area contributed by atoms with Crippen molar-refractivity contribution in [2.45, 2.75) is 12.5 Å². The van der Waals surface area contributed by atoms with Crippen molar-refractivity contribution in [2.24, 2.45) is 0 Å². The summed E-state index contributed by atoms with van der Waals surface area (Å²) in [4.78, 5) is 0. The zero-order chi connectivity index (χ0) is 13.1. The molecule has 18 heavy (non-hydrogen) atoms. The van der Waals surface area contributed by atoms with Crippen LogP contribution < -0.4 is 0 Å². The minimum atomic E-state index is -0.761. The highest BCUT2D eigenvalue weighted by atomic mass is 35.5. The first-order chi connectivity index (χ1) is 8.56. The fourth-order valence-corrected chi connectivity index (χ4v) is 2.13. The zero-order valence-electron chi connectivity index (χ0n) is 9.41. The Bertz CT molecular complexity index is 557. The van der Waals surface area contributed by atoms with Gasteiger partial charge < -0.3 is 5.11 Å². The molecule has 0 aliphatic rings. The first-order valence-corrected chi connectivity index (χ1v) is 6.19. The maximum atomic E-state index is 13.1. The van der Waals surface area contributed by atoms with Crippen LogP contribution in [-0.4, -0.2) is 5.11 Å². The number of halogens is 3. The van der Waals surface area contributed by atoms with Gasteiger partial charge in [-0.1, -0.05) is 35.3 Å². The molecular formula is C14H11Cl2FO. The minimum Gasteiger partial charge on any atom is -0.388 e. The van der Waals surface area contributed by atoms with Gasteiger partial charge in [-0.2, -0.15) is 0 Å². The molecule has 1 unspecified atom stereocenters. The molecule has 0 amide bonds. The Kier molecular flexibility index (Phi) is 4.23. The lowest BCUT2D eigenvalue weighted by Gasteiger charge is -2.12. The SMILES string of the molecule is OC(Cc1cc(F)ccc1Cl)c1cccc(Cl)c1. The Hall–Kier alpha value is -1.09. The van der Waals surface area contributed by atoms with Crippen molar-refractivity contribution in [3.63, 3.8) is 0 Å². The van der Waals surface area contributed by atoms with Gasteiger partial charge >= 0.3 is 0 Å². The van der Waals surface area contributed by atoms with Gasteiger partial charge in [0, 0.05) is 16.5 Å². The molecule has 1 N–H and O–H groups in total. The van der Waals surface area contributed by atoms with Crippen molar-refractivity contribution in [3.8, 4) is 0 Å². The molecule has 2 aromatic carbocycles. The molecule has 0 heterocycles. The summed E-state index contributed by atoms with van der Waals surface area (Å²) < 4.78 is 13.1. The third-order valence-electron chi connectivity index (χ3n) is 2.65. The van der Waals surface area contributed by atoms with E-state index in [9.17, 15) is 9.50 Å². The number of rotatable bonds is 3. The summed E-state index contributed by atoms with van der Waals surface area (Å²) in [6.07, 6.45) is -0.514. The zero-order valence-corrected chi connectivity index (χ0v) is 10.9. The Morgan fingerprint density at radius 2 is 1.89 bits per heavy atom. The van der Waals surface area contributed by atoms with E-state index in [1.807, 2.05) is 0 Å². The molecule has 0 aliphatic heterocycles. The monoisotopic (exact) mass is 284 g/mol. The number of hydrogen-bond acceptors (Lipinski definition) is 1. The van der Waals surface area contributed by atoms with E-state index < -0.39 is 6.10 Å². The standard InChI is InChI=1S/C14H11Cl2FO/c15-11-3-1-2-9(6-11)14(18)8-10-7-12(17)4-5-13(10)16/h1-7,14,18H,8H2. The molecule has 4 heteroatoms. The second-order valence-corrected chi connectivity index (χ2v) is 4.85. The molecule has 0 saturated carbocycles. The average molecular weight is 285 g/mol. The Morgan fingerprint density at radius 3 is 2.61 bits per heavy atom. The Balaban J connectivity index is 2.21. The van der Waals surface area contributed by atoms with E-state index in [-0.39, 0.29) is 12.2 Å². The van der Waals surface area contributed by atoms with Gasteiger partial charge in [-0.05, 0) is 41.5 Å². The van der Waals surface area contributed by atoms with Crippen LogP contribution in [0, 0.1) is 5.82 Å². The summed E-state index contributed by atoms with van der Waals surface area (Å²) >= 11 is 11.8. The van der Waals surface area contributed by atoms with Crippen LogP contribution in [0.2, 0.25) is 10.0 Å². The molecule has 2 rings (SSSR count). The minimum absolute atomic E-state index is 0.247. The van der Waals surface area contributed by atoms with Crippen LogP contribution in [0.1, 0.15) is 17.2 Å². The quantitative estimate of drug-likeness (QED) is 0.885. The highest BCUT2D eigenvalue weighted by molar-refractivity contribution is 6.31. The highest BCUT2D eigenvalue weighted by Crippen LogP contribution is 2.25. The number of aliphatic hydroxyl groups is 1. The van der Waals surface area contributed by atoms with Crippen LogP contribution in [-0.2, 0) is 6.42 Å². The first-order valence-electron chi connectivity index (χ1n) is 5.44. The van der Waals surface area contributed by atoms with Crippen molar-refractivity contribution in [1.29, 1.82) is 0 Å². The van der Waals surface area contributed by atoms with E-state index in [4.69, 9.17) is 23.2 Å². The highest BCUT2D eigenvalue weighted by Gasteiger charge is 2.12. The van der Waals surface area contributed by atoms with Crippen LogP contribution in [0.4, 0.5) is 4.39 Å². The first kappa shape index (κ1) is 13.3. The molecule has 94 valence electrons. The molecule has 0 aromatic heterocycles. The van der Waals surface area contributed by atoms with Crippen molar-refractivity contribution in [3.05, 3.63) is 69.5 Å². The van der Waals surface area contributed by atoms with Crippen LogP contribution in [0.15, 0.2) is 42.5 Å². The van der Waals surface area contributed by atoms with Crippen LogP contribution in [0.25, 0.3) is 0 Å². The van der Waals surface area contributed by atoms with Gasteiger partial charge in [0.05, 0.1) is 6.10 Å². The fraction of sp³-hybridized carbons (Fsp3) is 0.143. The van der Waals surface area contributed by atoms with E-state index in [0.717, 1.165) is 0 Å². The molecule has 1 atom stereocenters. The molecule has 0 spiro atoms. The van der Waals surface area contributed by atoms with Crippen molar-refractivity contribution < 1.29 is 9.50 Å². The summed E-state index contributed by atoms with van der Waals surface area (Å²) in [5, 5.41) is 11.1. The van der Waals surface area contributed by atoms with Gasteiger partial charge in [0.25, 0.3) is 0 Å². The number of benzene rings is 2. The molecule has 1 nitrogen and oxygen atoms in total. The molecule has 0 saturated heterocycles. The van der Waals surface area contributed by atoms with Gasteiger partial charge in [0.1, 0.15) is 5.82 Å². The van der Waals surface area contributed by atoms with Crippen molar-refractivity contribution >= 4 is 23.2 Å². The maximum Gasteiger partial charge on any atom is 0.123 e. The summed E-state index contributed by atoms with van der Waals surface area (Å²) in [7, 11) is 0. The predicted octanol–water partition coefficient (Wildman–Crippen LogP) is 4.41.